The molecule has 0 bridgehead atoms. The Balaban J connectivity index is 2.61. The van der Waals surface area contributed by atoms with Crippen LogP contribution in [0, 0.1) is 6.92 Å². The maximum absolute atomic E-state index is 4.28. The van der Waals surface area contributed by atoms with E-state index in [0.717, 1.165) is 17.0 Å². The monoisotopic (exact) mass is 186 g/mol. The molecule has 0 saturated heterocycles. The fourth-order valence-electron chi connectivity index (χ4n) is 1.44. The molecule has 0 saturated carbocycles. The van der Waals surface area contributed by atoms with E-state index in [2.05, 4.69) is 20.6 Å². The van der Waals surface area contributed by atoms with Crippen LogP contribution in [0.5, 0.6) is 0 Å². The second kappa shape index (κ2) is 3.54. The molecule has 0 atom stereocenters. The van der Waals surface area contributed by atoms with Crippen LogP contribution in [0.15, 0.2) is 36.9 Å². The molecule has 3 heteroatoms. The minimum Gasteiger partial charge on any atom is -0.244 e. The highest BCUT2D eigenvalue weighted by Crippen LogP contribution is 2.14. The van der Waals surface area contributed by atoms with Crippen molar-refractivity contribution < 1.29 is 4.57 Å². The third kappa shape index (κ3) is 1.48. The molecule has 0 spiro atoms. The minimum atomic E-state index is 0.989. The van der Waals surface area contributed by atoms with Crippen molar-refractivity contribution in [1.82, 2.24) is 9.97 Å². The van der Waals surface area contributed by atoms with E-state index in [1.54, 1.807) is 6.33 Å². The zero-order valence-corrected chi connectivity index (χ0v) is 8.31. The largest absolute Gasteiger partial charge is 0.244 e. The fraction of sp³-hybridized carbons (Fsp3) is 0.182. The fourth-order valence-corrected chi connectivity index (χ4v) is 1.44. The number of rotatable bonds is 1. The SMILES string of the molecule is Cc1cncnc1-c1cccc[n+]1C. The van der Waals surface area contributed by atoms with Crippen LogP contribution in [-0.4, -0.2) is 9.97 Å². The van der Waals surface area contributed by atoms with Gasteiger partial charge in [0, 0.05) is 18.3 Å². The molecule has 0 fully saturated rings. The molecule has 0 N–H and O–H groups in total. The number of hydrogen-bond donors (Lipinski definition) is 0. The first-order chi connectivity index (χ1) is 6.79. The van der Waals surface area contributed by atoms with E-state index >= 15 is 0 Å². The maximum atomic E-state index is 4.28. The van der Waals surface area contributed by atoms with Gasteiger partial charge in [-0.1, -0.05) is 0 Å². The van der Waals surface area contributed by atoms with Crippen molar-refractivity contribution >= 4 is 0 Å². The van der Waals surface area contributed by atoms with E-state index in [1.165, 1.54) is 0 Å². The zero-order valence-electron chi connectivity index (χ0n) is 8.31. The smallest absolute Gasteiger partial charge is 0.231 e. The van der Waals surface area contributed by atoms with Crippen LogP contribution in [0.25, 0.3) is 11.4 Å². The molecule has 0 aliphatic rings. The van der Waals surface area contributed by atoms with Crippen LogP contribution < -0.4 is 4.57 Å². The lowest BCUT2D eigenvalue weighted by atomic mass is 10.2. The number of aromatic nitrogens is 3. The zero-order chi connectivity index (χ0) is 9.97. The normalized spacial score (nSPS) is 10.1. The second-order valence-electron chi connectivity index (χ2n) is 3.25. The molecule has 2 aromatic heterocycles. The first-order valence-electron chi connectivity index (χ1n) is 4.50. The van der Waals surface area contributed by atoms with Crippen molar-refractivity contribution in [3.63, 3.8) is 0 Å². The summed E-state index contributed by atoms with van der Waals surface area (Å²) in [5.74, 6) is 0. The molecule has 3 nitrogen and oxygen atoms in total. The molecule has 14 heavy (non-hydrogen) atoms. The van der Waals surface area contributed by atoms with E-state index in [1.807, 2.05) is 38.5 Å². The topological polar surface area (TPSA) is 29.7 Å². The average Bonchev–Trinajstić information content (AvgIpc) is 2.20. The summed E-state index contributed by atoms with van der Waals surface area (Å²) >= 11 is 0. The molecular formula is C11H12N3+. The lowest BCUT2D eigenvalue weighted by Gasteiger charge is -2.00. The lowest BCUT2D eigenvalue weighted by molar-refractivity contribution is -0.660. The third-order valence-electron chi connectivity index (χ3n) is 2.19. The summed E-state index contributed by atoms with van der Waals surface area (Å²) in [4.78, 5) is 8.26. The van der Waals surface area contributed by atoms with Gasteiger partial charge in [0.2, 0.25) is 5.69 Å². The Bertz CT molecular complexity index is 408. The summed E-state index contributed by atoms with van der Waals surface area (Å²) in [5.41, 5.74) is 3.19. The average molecular weight is 186 g/mol. The quantitative estimate of drug-likeness (QED) is 0.628. The van der Waals surface area contributed by atoms with Gasteiger partial charge in [0.1, 0.15) is 19.1 Å². The van der Waals surface area contributed by atoms with Gasteiger partial charge in [-0.25, -0.2) is 9.97 Å². The summed E-state index contributed by atoms with van der Waals surface area (Å²) < 4.78 is 2.05. The minimum absolute atomic E-state index is 0.989. The van der Waals surface area contributed by atoms with Crippen LogP contribution in [0.1, 0.15) is 5.56 Å². The molecule has 2 rings (SSSR count). The molecule has 0 aliphatic heterocycles. The highest BCUT2D eigenvalue weighted by atomic mass is 14.9. The Morgan fingerprint density at radius 1 is 1.29 bits per heavy atom. The first kappa shape index (κ1) is 8.81. The van der Waals surface area contributed by atoms with E-state index in [0.29, 0.717) is 0 Å². The van der Waals surface area contributed by atoms with Gasteiger partial charge >= 0.3 is 0 Å². The summed E-state index contributed by atoms with van der Waals surface area (Å²) in [6, 6.07) is 6.06. The Kier molecular flexibility index (Phi) is 2.23. The first-order valence-corrected chi connectivity index (χ1v) is 4.50. The van der Waals surface area contributed by atoms with Crippen molar-refractivity contribution in [2.24, 2.45) is 7.05 Å². The molecule has 2 aromatic rings. The third-order valence-corrected chi connectivity index (χ3v) is 2.19. The molecule has 2 heterocycles. The van der Waals surface area contributed by atoms with Crippen LogP contribution >= 0.6 is 0 Å². The van der Waals surface area contributed by atoms with Gasteiger partial charge < -0.3 is 0 Å². The summed E-state index contributed by atoms with van der Waals surface area (Å²) in [7, 11) is 2.01. The van der Waals surface area contributed by atoms with E-state index in [-0.39, 0.29) is 0 Å². The van der Waals surface area contributed by atoms with Gasteiger partial charge in [-0.15, -0.1) is 0 Å². The molecule has 0 radical (unpaired) electrons. The summed E-state index contributed by atoms with van der Waals surface area (Å²) in [6.45, 7) is 2.02. The Hall–Kier alpha value is -1.77. The van der Waals surface area contributed by atoms with Crippen molar-refractivity contribution in [2.75, 3.05) is 0 Å². The Morgan fingerprint density at radius 2 is 2.14 bits per heavy atom. The van der Waals surface area contributed by atoms with Crippen molar-refractivity contribution in [3.05, 3.63) is 42.5 Å². The van der Waals surface area contributed by atoms with Gasteiger partial charge in [-0.2, -0.15) is 4.57 Å². The van der Waals surface area contributed by atoms with Crippen LogP contribution in [0.3, 0.4) is 0 Å². The standard InChI is InChI=1S/C11H12N3/c1-9-7-12-8-13-11(9)10-5-3-4-6-14(10)2/h3-8H,1-2H3/q+1. The highest BCUT2D eigenvalue weighted by Gasteiger charge is 2.11. The molecule has 0 aromatic carbocycles. The molecule has 0 unspecified atom stereocenters. The number of aryl methyl sites for hydroxylation is 2. The van der Waals surface area contributed by atoms with Crippen LogP contribution in [0.4, 0.5) is 0 Å². The van der Waals surface area contributed by atoms with Gasteiger partial charge in [-0.05, 0) is 18.6 Å². The second-order valence-corrected chi connectivity index (χ2v) is 3.25. The summed E-state index contributed by atoms with van der Waals surface area (Å²) in [5, 5.41) is 0. The molecule has 0 aliphatic carbocycles. The Labute approximate surface area is 83.1 Å². The highest BCUT2D eigenvalue weighted by molar-refractivity contribution is 5.53. The van der Waals surface area contributed by atoms with Crippen LogP contribution in [0.2, 0.25) is 0 Å². The van der Waals surface area contributed by atoms with Gasteiger partial charge in [-0.3, -0.25) is 0 Å². The summed E-state index contributed by atoms with van der Waals surface area (Å²) in [6.07, 6.45) is 5.42. The number of hydrogen-bond acceptors (Lipinski definition) is 2. The number of nitrogens with zero attached hydrogens (tertiary/aromatic N) is 3. The Morgan fingerprint density at radius 3 is 2.86 bits per heavy atom. The molecule has 0 amide bonds. The lowest BCUT2D eigenvalue weighted by Crippen LogP contribution is -2.30. The van der Waals surface area contributed by atoms with Gasteiger partial charge in [0.15, 0.2) is 6.20 Å². The van der Waals surface area contributed by atoms with Crippen molar-refractivity contribution in [2.45, 2.75) is 6.92 Å². The van der Waals surface area contributed by atoms with Crippen LogP contribution in [-0.2, 0) is 7.05 Å². The predicted molar refractivity (Wildman–Crippen MR) is 53.4 cm³/mol. The van der Waals surface area contributed by atoms with E-state index in [4.69, 9.17) is 0 Å². The van der Waals surface area contributed by atoms with Crippen molar-refractivity contribution in [1.29, 1.82) is 0 Å². The predicted octanol–water partition coefficient (Wildman–Crippen LogP) is 1.28. The maximum Gasteiger partial charge on any atom is 0.231 e. The van der Waals surface area contributed by atoms with E-state index < -0.39 is 0 Å². The van der Waals surface area contributed by atoms with Gasteiger partial charge in [0.25, 0.3) is 0 Å². The molecular weight excluding hydrogens is 174 g/mol. The number of pyridine rings is 1. The van der Waals surface area contributed by atoms with Crippen molar-refractivity contribution in [3.8, 4) is 11.4 Å². The molecule has 70 valence electrons. The van der Waals surface area contributed by atoms with E-state index in [9.17, 15) is 0 Å². The van der Waals surface area contributed by atoms with Gasteiger partial charge in [0.05, 0.1) is 0 Å².